The first-order chi connectivity index (χ1) is 9.60. The summed E-state index contributed by atoms with van der Waals surface area (Å²) < 4.78 is 0. The van der Waals surface area contributed by atoms with Crippen LogP contribution in [0.5, 0.6) is 0 Å². The van der Waals surface area contributed by atoms with Gasteiger partial charge in [0.2, 0.25) is 0 Å². The van der Waals surface area contributed by atoms with Gasteiger partial charge in [-0.05, 0) is 57.3 Å². The SMILES string of the molecule is CCc1ccc(C(C)N2CCCC(CNC(C)C)C2)s1. The van der Waals surface area contributed by atoms with Gasteiger partial charge in [-0.3, -0.25) is 4.90 Å². The van der Waals surface area contributed by atoms with Gasteiger partial charge in [0.05, 0.1) is 0 Å². The average molecular weight is 295 g/mol. The lowest BCUT2D eigenvalue weighted by molar-refractivity contribution is 0.131. The molecule has 2 heterocycles. The Morgan fingerprint density at radius 1 is 1.35 bits per heavy atom. The van der Waals surface area contributed by atoms with Crippen LogP contribution in [0.25, 0.3) is 0 Å². The first kappa shape index (κ1) is 16.0. The van der Waals surface area contributed by atoms with Crippen LogP contribution in [0.3, 0.4) is 0 Å². The maximum Gasteiger partial charge on any atom is 0.0413 e. The molecule has 1 aliphatic heterocycles. The number of likely N-dealkylation sites (tertiary alicyclic amines) is 1. The predicted octanol–water partition coefficient (Wildman–Crippen LogP) is 4.08. The van der Waals surface area contributed by atoms with E-state index in [1.807, 2.05) is 11.3 Å². The maximum absolute atomic E-state index is 3.60. The third-order valence-electron chi connectivity index (χ3n) is 4.36. The molecule has 0 radical (unpaired) electrons. The van der Waals surface area contributed by atoms with E-state index in [4.69, 9.17) is 0 Å². The van der Waals surface area contributed by atoms with Crippen molar-refractivity contribution in [1.29, 1.82) is 0 Å². The van der Waals surface area contributed by atoms with E-state index in [9.17, 15) is 0 Å². The summed E-state index contributed by atoms with van der Waals surface area (Å²) in [6.07, 6.45) is 3.90. The van der Waals surface area contributed by atoms with Gasteiger partial charge < -0.3 is 5.32 Å². The van der Waals surface area contributed by atoms with Crippen LogP contribution in [-0.2, 0) is 6.42 Å². The molecule has 1 saturated heterocycles. The van der Waals surface area contributed by atoms with E-state index in [-0.39, 0.29) is 0 Å². The number of nitrogens with zero attached hydrogens (tertiary/aromatic N) is 1. The zero-order valence-electron chi connectivity index (χ0n) is 13.5. The van der Waals surface area contributed by atoms with Crippen LogP contribution >= 0.6 is 11.3 Å². The van der Waals surface area contributed by atoms with Gasteiger partial charge in [-0.15, -0.1) is 11.3 Å². The van der Waals surface area contributed by atoms with Crippen molar-refractivity contribution in [2.24, 2.45) is 5.92 Å². The van der Waals surface area contributed by atoms with Gasteiger partial charge in [0.15, 0.2) is 0 Å². The van der Waals surface area contributed by atoms with Crippen molar-refractivity contribution in [2.75, 3.05) is 19.6 Å². The molecular formula is C17H30N2S. The van der Waals surface area contributed by atoms with Crippen LogP contribution in [-0.4, -0.2) is 30.6 Å². The first-order valence-electron chi connectivity index (χ1n) is 8.16. The summed E-state index contributed by atoms with van der Waals surface area (Å²) in [7, 11) is 0. The molecular weight excluding hydrogens is 264 g/mol. The highest BCUT2D eigenvalue weighted by atomic mass is 32.1. The Kier molecular flexibility index (Phi) is 6.06. The van der Waals surface area contributed by atoms with Crippen LogP contribution in [0.2, 0.25) is 0 Å². The Bertz CT molecular complexity index is 399. The second kappa shape index (κ2) is 7.58. The average Bonchev–Trinajstić information content (AvgIpc) is 2.93. The van der Waals surface area contributed by atoms with Gasteiger partial charge in [0.1, 0.15) is 0 Å². The molecule has 0 bridgehead atoms. The molecule has 0 spiro atoms. The van der Waals surface area contributed by atoms with Crippen LogP contribution in [0.1, 0.15) is 56.3 Å². The van der Waals surface area contributed by atoms with Crippen LogP contribution in [0, 0.1) is 5.92 Å². The van der Waals surface area contributed by atoms with Crippen molar-refractivity contribution in [2.45, 2.75) is 59.0 Å². The quantitative estimate of drug-likeness (QED) is 0.850. The van der Waals surface area contributed by atoms with Gasteiger partial charge >= 0.3 is 0 Å². The van der Waals surface area contributed by atoms with Crippen molar-refractivity contribution < 1.29 is 0 Å². The molecule has 20 heavy (non-hydrogen) atoms. The number of piperidine rings is 1. The van der Waals surface area contributed by atoms with Gasteiger partial charge in [-0.25, -0.2) is 0 Å². The van der Waals surface area contributed by atoms with E-state index in [2.05, 4.69) is 50.0 Å². The molecule has 2 unspecified atom stereocenters. The molecule has 0 aliphatic carbocycles. The molecule has 1 aliphatic rings. The Morgan fingerprint density at radius 3 is 2.80 bits per heavy atom. The summed E-state index contributed by atoms with van der Waals surface area (Å²) in [5.41, 5.74) is 0. The molecule has 0 amide bonds. The van der Waals surface area contributed by atoms with E-state index in [1.165, 1.54) is 43.8 Å². The van der Waals surface area contributed by atoms with Crippen molar-refractivity contribution in [3.63, 3.8) is 0 Å². The summed E-state index contributed by atoms with van der Waals surface area (Å²) in [5, 5.41) is 3.60. The second-order valence-corrected chi connectivity index (χ2v) is 7.60. The highest BCUT2D eigenvalue weighted by molar-refractivity contribution is 7.12. The number of hydrogen-bond donors (Lipinski definition) is 1. The molecule has 114 valence electrons. The Balaban J connectivity index is 1.90. The highest BCUT2D eigenvalue weighted by Gasteiger charge is 2.25. The summed E-state index contributed by atoms with van der Waals surface area (Å²) in [4.78, 5) is 5.74. The third-order valence-corrected chi connectivity index (χ3v) is 5.76. The minimum Gasteiger partial charge on any atom is -0.314 e. The van der Waals surface area contributed by atoms with Crippen LogP contribution in [0.4, 0.5) is 0 Å². The summed E-state index contributed by atoms with van der Waals surface area (Å²) in [6, 6.07) is 5.83. The third kappa shape index (κ3) is 4.31. The Morgan fingerprint density at radius 2 is 2.15 bits per heavy atom. The molecule has 1 aromatic rings. The summed E-state index contributed by atoms with van der Waals surface area (Å²) >= 11 is 2.00. The lowest BCUT2D eigenvalue weighted by atomic mass is 9.96. The minimum absolute atomic E-state index is 0.585. The first-order valence-corrected chi connectivity index (χ1v) is 8.97. The normalized spacial score (nSPS) is 22.4. The van der Waals surface area contributed by atoms with E-state index in [0.29, 0.717) is 12.1 Å². The minimum atomic E-state index is 0.585. The number of aryl methyl sites for hydroxylation is 1. The molecule has 3 heteroatoms. The molecule has 1 aromatic heterocycles. The van der Waals surface area contributed by atoms with E-state index in [0.717, 1.165) is 5.92 Å². The van der Waals surface area contributed by atoms with E-state index >= 15 is 0 Å². The highest BCUT2D eigenvalue weighted by Crippen LogP contribution is 2.31. The molecule has 2 rings (SSSR count). The Hall–Kier alpha value is -0.380. The summed E-state index contributed by atoms with van der Waals surface area (Å²) in [6.45, 7) is 12.8. The second-order valence-electron chi connectivity index (χ2n) is 6.40. The standard InChI is InChI=1S/C17H30N2S/c1-5-16-8-9-17(20-16)14(4)19-10-6-7-15(12-19)11-18-13(2)3/h8-9,13-15,18H,5-7,10-12H2,1-4H3. The lowest BCUT2D eigenvalue weighted by Gasteiger charge is -2.37. The van der Waals surface area contributed by atoms with Crippen LogP contribution in [0.15, 0.2) is 12.1 Å². The molecule has 0 saturated carbocycles. The lowest BCUT2D eigenvalue weighted by Crippen LogP contribution is -2.41. The Labute approximate surface area is 128 Å². The van der Waals surface area contributed by atoms with E-state index < -0.39 is 0 Å². The molecule has 0 aromatic carbocycles. The maximum atomic E-state index is 3.60. The molecule has 2 atom stereocenters. The number of thiophene rings is 1. The molecule has 1 fully saturated rings. The van der Waals surface area contributed by atoms with Crippen molar-refractivity contribution >= 4 is 11.3 Å². The fourth-order valence-corrected chi connectivity index (χ4v) is 4.05. The van der Waals surface area contributed by atoms with Crippen molar-refractivity contribution in [1.82, 2.24) is 10.2 Å². The van der Waals surface area contributed by atoms with Gasteiger partial charge in [-0.1, -0.05) is 20.8 Å². The van der Waals surface area contributed by atoms with Gasteiger partial charge in [-0.2, -0.15) is 0 Å². The number of nitrogens with one attached hydrogen (secondary N) is 1. The number of rotatable bonds is 6. The van der Waals surface area contributed by atoms with E-state index in [1.54, 1.807) is 4.88 Å². The summed E-state index contributed by atoms with van der Waals surface area (Å²) in [5.74, 6) is 0.819. The largest absolute Gasteiger partial charge is 0.314 e. The topological polar surface area (TPSA) is 15.3 Å². The predicted molar refractivity (Wildman–Crippen MR) is 89.5 cm³/mol. The fraction of sp³-hybridized carbons (Fsp3) is 0.765. The monoisotopic (exact) mass is 294 g/mol. The van der Waals surface area contributed by atoms with Crippen LogP contribution < -0.4 is 5.32 Å². The van der Waals surface area contributed by atoms with Crippen molar-refractivity contribution in [3.05, 3.63) is 21.9 Å². The smallest absolute Gasteiger partial charge is 0.0413 e. The molecule has 1 N–H and O–H groups in total. The zero-order chi connectivity index (χ0) is 14.5. The van der Waals surface area contributed by atoms with Crippen molar-refractivity contribution in [3.8, 4) is 0 Å². The zero-order valence-corrected chi connectivity index (χ0v) is 14.3. The van der Waals surface area contributed by atoms with Gasteiger partial charge in [0, 0.05) is 28.4 Å². The fourth-order valence-electron chi connectivity index (χ4n) is 3.01. The van der Waals surface area contributed by atoms with Gasteiger partial charge in [0.25, 0.3) is 0 Å². The number of hydrogen-bond acceptors (Lipinski definition) is 3. The molecule has 2 nitrogen and oxygen atoms in total.